The molecule has 0 saturated carbocycles. The van der Waals surface area contributed by atoms with Gasteiger partial charge >= 0.3 is 0 Å². The third kappa shape index (κ3) is 1.86. The summed E-state index contributed by atoms with van der Waals surface area (Å²) in [6.45, 7) is 1.78. The van der Waals surface area contributed by atoms with Crippen molar-refractivity contribution in [3.63, 3.8) is 0 Å². The summed E-state index contributed by atoms with van der Waals surface area (Å²) >= 11 is 5.86. The first-order valence-corrected chi connectivity index (χ1v) is 5.17. The molecule has 0 fully saturated rings. The molecule has 80 valence electrons. The normalized spacial score (nSPS) is 15.5. The van der Waals surface area contributed by atoms with Crippen LogP contribution in [0.5, 0.6) is 0 Å². The molecule has 2 unspecified atom stereocenters. The number of nitrogens with one attached hydrogen (secondary N) is 1. The standard InChI is InChI=1S/C11H13ClN2O/c1-6(13)11(15)9-5-14-10-4-7(12)2-3-8(9)10/h2-6,11,14-15H,13H2,1H3. The number of aliphatic hydroxyl groups excluding tert-OH is 1. The maximum atomic E-state index is 9.88. The van der Waals surface area contributed by atoms with E-state index < -0.39 is 6.10 Å². The molecule has 0 aliphatic carbocycles. The number of halogens is 1. The second-order valence-corrected chi connectivity index (χ2v) is 4.17. The van der Waals surface area contributed by atoms with Crippen molar-refractivity contribution in [1.82, 2.24) is 4.98 Å². The van der Waals surface area contributed by atoms with Crippen LogP contribution < -0.4 is 5.73 Å². The Kier molecular flexibility index (Phi) is 2.69. The highest BCUT2D eigenvalue weighted by Gasteiger charge is 2.16. The summed E-state index contributed by atoms with van der Waals surface area (Å²) in [5.41, 5.74) is 7.39. The maximum absolute atomic E-state index is 9.88. The minimum Gasteiger partial charge on any atom is -0.387 e. The molecule has 2 atom stereocenters. The number of H-pyrrole nitrogens is 1. The van der Waals surface area contributed by atoms with Crippen LogP contribution in [0.2, 0.25) is 5.02 Å². The van der Waals surface area contributed by atoms with Gasteiger partial charge in [0.25, 0.3) is 0 Å². The van der Waals surface area contributed by atoms with E-state index in [0.717, 1.165) is 16.5 Å². The number of aromatic nitrogens is 1. The Hall–Kier alpha value is -1.03. The molecule has 0 saturated heterocycles. The maximum Gasteiger partial charge on any atom is 0.0958 e. The lowest BCUT2D eigenvalue weighted by atomic mass is 10.0. The summed E-state index contributed by atoms with van der Waals surface area (Å²) < 4.78 is 0. The van der Waals surface area contributed by atoms with Crippen molar-refractivity contribution in [3.8, 4) is 0 Å². The quantitative estimate of drug-likeness (QED) is 0.733. The van der Waals surface area contributed by atoms with Gasteiger partial charge in [-0.3, -0.25) is 0 Å². The Morgan fingerprint density at radius 1 is 1.47 bits per heavy atom. The molecule has 0 spiro atoms. The Bertz CT molecular complexity index is 478. The largest absolute Gasteiger partial charge is 0.387 e. The Morgan fingerprint density at radius 2 is 2.20 bits per heavy atom. The van der Waals surface area contributed by atoms with Gasteiger partial charge in [-0.05, 0) is 19.1 Å². The molecule has 4 heteroatoms. The first-order chi connectivity index (χ1) is 7.09. The van der Waals surface area contributed by atoms with Crippen LogP contribution >= 0.6 is 11.6 Å². The van der Waals surface area contributed by atoms with E-state index >= 15 is 0 Å². The van der Waals surface area contributed by atoms with E-state index in [1.807, 2.05) is 12.1 Å². The van der Waals surface area contributed by atoms with Crippen LogP contribution in [0.25, 0.3) is 10.9 Å². The van der Waals surface area contributed by atoms with Crippen molar-refractivity contribution in [2.24, 2.45) is 5.73 Å². The number of benzene rings is 1. The minimum atomic E-state index is -0.653. The number of aliphatic hydroxyl groups is 1. The molecule has 0 aliphatic rings. The average Bonchev–Trinajstić information content (AvgIpc) is 2.59. The van der Waals surface area contributed by atoms with Gasteiger partial charge in [0.05, 0.1) is 6.10 Å². The van der Waals surface area contributed by atoms with Crippen LogP contribution in [0.1, 0.15) is 18.6 Å². The van der Waals surface area contributed by atoms with E-state index in [-0.39, 0.29) is 6.04 Å². The highest BCUT2D eigenvalue weighted by atomic mass is 35.5. The monoisotopic (exact) mass is 224 g/mol. The molecule has 15 heavy (non-hydrogen) atoms. The second-order valence-electron chi connectivity index (χ2n) is 3.74. The zero-order valence-corrected chi connectivity index (χ0v) is 9.12. The third-order valence-electron chi connectivity index (χ3n) is 2.49. The van der Waals surface area contributed by atoms with E-state index in [4.69, 9.17) is 17.3 Å². The fourth-order valence-electron chi connectivity index (χ4n) is 1.65. The van der Waals surface area contributed by atoms with Gasteiger partial charge < -0.3 is 15.8 Å². The van der Waals surface area contributed by atoms with Gasteiger partial charge in [-0.25, -0.2) is 0 Å². The number of nitrogens with two attached hydrogens (primary N) is 1. The molecule has 2 rings (SSSR count). The average molecular weight is 225 g/mol. The fraction of sp³-hybridized carbons (Fsp3) is 0.273. The van der Waals surface area contributed by atoms with E-state index in [0.29, 0.717) is 5.02 Å². The minimum absolute atomic E-state index is 0.292. The Morgan fingerprint density at radius 3 is 2.87 bits per heavy atom. The van der Waals surface area contributed by atoms with Gasteiger partial charge in [-0.1, -0.05) is 17.7 Å². The van der Waals surface area contributed by atoms with Gasteiger partial charge in [0, 0.05) is 33.7 Å². The van der Waals surface area contributed by atoms with Crippen LogP contribution in [-0.4, -0.2) is 16.1 Å². The Labute approximate surface area is 92.9 Å². The molecular weight excluding hydrogens is 212 g/mol. The lowest BCUT2D eigenvalue weighted by molar-refractivity contribution is 0.155. The molecule has 0 radical (unpaired) electrons. The molecule has 4 N–H and O–H groups in total. The van der Waals surface area contributed by atoms with Crippen molar-refractivity contribution >= 4 is 22.5 Å². The van der Waals surface area contributed by atoms with Crippen molar-refractivity contribution in [2.75, 3.05) is 0 Å². The van der Waals surface area contributed by atoms with Crippen LogP contribution in [-0.2, 0) is 0 Å². The summed E-state index contributed by atoms with van der Waals surface area (Å²) in [7, 11) is 0. The summed E-state index contributed by atoms with van der Waals surface area (Å²) in [4.78, 5) is 3.06. The number of rotatable bonds is 2. The summed E-state index contributed by atoms with van der Waals surface area (Å²) in [5.74, 6) is 0. The van der Waals surface area contributed by atoms with E-state index in [9.17, 15) is 5.11 Å². The van der Waals surface area contributed by atoms with Crippen LogP contribution in [0, 0.1) is 0 Å². The molecule has 1 aromatic carbocycles. The highest BCUT2D eigenvalue weighted by molar-refractivity contribution is 6.31. The highest BCUT2D eigenvalue weighted by Crippen LogP contribution is 2.27. The van der Waals surface area contributed by atoms with E-state index in [1.165, 1.54) is 0 Å². The van der Waals surface area contributed by atoms with Crippen LogP contribution in [0.3, 0.4) is 0 Å². The lowest BCUT2D eigenvalue weighted by Gasteiger charge is -2.13. The number of hydrogen-bond acceptors (Lipinski definition) is 2. The number of hydrogen-bond donors (Lipinski definition) is 3. The Balaban J connectivity index is 2.54. The first kappa shape index (κ1) is 10.5. The van der Waals surface area contributed by atoms with Gasteiger partial charge in [0.1, 0.15) is 0 Å². The molecule has 0 bridgehead atoms. The molecule has 1 heterocycles. The second kappa shape index (κ2) is 3.85. The SMILES string of the molecule is CC(N)C(O)c1c[nH]c2cc(Cl)ccc12. The predicted molar refractivity (Wildman–Crippen MR) is 61.9 cm³/mol. The van der Waals surface area contributed by atoms with Gasteiger partial charge in [0.15, 0.2) is 0 Å². The molecule has 0 aliphatic heterocycles. The molecule has 2 aromatic rings. The summed E-state index contributed by atoms with van der Waals surface area (Å²) in [6.07, 6.45) is 1.12. The van der Waals surface area contributed by atoms with Crippen molar-refractivity contribution < 1.29 is 5.11 Å². The third-order valence-corrected chi connectivity index (χ3v) is 2.73. The summed E-state index contributed by atoms with van der Waals surface area (Å²) in [6, 6.07) is 5.22. The van der Waals surface area contributed by atoms with Gasteiger partial charge in [-0.15, -0.1) is 0 Å². The fourth-order valence-corrected chi connectivity index (χ4v) is 1.82. The smallest absolute Gasteiger partial charge is 0.0958 e. The lowest BCUT2D eigenvalue weighted by Crippen LogP contribution is -2.24. The van der Waals surface area contributed by atoms with Crippen molar-refractivity contribution in [1.29, 1.82) is 0 Å². The van der Waals surface area contributed by atoms with E-state index in [2.05, 4.69) is 4.98 Å². The zero-order valence-electron chi connectivity index (χ0n) is 8.37. The number of fused-ring (bicyclic) bond motifs is 1. The topological polar surface area (TPSA) is 62.0 Å². The number of aromatic amines is 1. The zero-order chi connectivity index (χ0) is 11.0. The predicted octanol–water partition coefficient (Wildman–Crippen LogP) is 2.20. The van der Waals surface area contributed by atoms with E-state index in [1.54, 1.807) is 19.2 Å². The van der Waals surface area contributed by atoms with Crippen molar-refractivity contribution in [3.05, 3.63) is 35.0 Å². The molecule has 0 amide bonds. The van der Waals surface area contributed by atoms with Gasteiger partial charge in [-0.2, -0.15) is 0 Å². The summed E-state index contributed by atoms with van der Waals surface area (Å²) in [5, 5.41) is 11.5. The van der Waals surface area contributed by atoms with Gasteiger partial charge in [0.2, 0.25) is 0 Å². The molecule has 1 aromatic heterocycles. The van der Waals surface area contributed by atoms with Crippen LogP contribution in [0.15, 0.2) is 24.4 Å². The van der Waals surface area contributed by atoms with Crippen LogP contribution in [0.4, 0.5) is 0 Å². The van der Waals surface area contributed by atoms with Crippen molar-refractivity contribution in [2.45, 2.75) is 19.1 Å². The first-order valence-electron chi connectivity index (χ1n) is 4.80. The molecular formula is C11H13ClN2O. The molecule has 3 nitrogen and oxygen atoms in total.